The van der Waals surface area contributed by atoms with Gasteiger partial charge in [0.2, 0.25) is 5.91 Å². The number of hydrogen-bond donors (Lipinski definition) is 2. The van der Waals surface area contributed by atoms with Crippen LogP contribution >= 0.6 is 0 Å². The first kappa shape index (κ1) is 28.2. The molecule has 5 rings (SSSR count). The number of amides is 4. The number of aromatic nitrogens is 1. The van der Waals surface area contributed by atoms with Crippen molar-refractivity contribution in [3.63, 3.8) is 0 Å². The Morgan fingerprint density at radius 1 is 1.00 bits per heavy atom. The number of para-hydroxylation sites is 2. The summed E-state index contributed by atoms with van der Waals surface area (Å²) >= 11 is 0. The molecule has 4 amide bonds. The molecule has 1 aliphatic rings. The van der Waals surface area contributed by atoms with Gasteiger partial charge in [0.25, 0.3) is 5.91 Å². The Hall–Kier alpha value is -5.38. The van der Waals surface area contributed by atoms with Crippen molar-refractivity contribution in [2.75, 3.05) is 19.0 Å². The van der Waals surface area contributed by atoms with Crippen LogP contribution in [0.15, 0.2) is 84.6 Å². The van der Waals surface area contributed by atoms with Gasteiger partial charge in [0.1, 0.15) is 36.2 Å². The third-order valence-electron chi connectivity index (χ3n) is 6.86. The van der Waals surface area contributed by atoms with Crippen LogP contribution in [0.1, 0.15) is 22.5 Å². The van der Waals surface area contributed by atoms with Crippen molar-refractivity contribution in [2.45, 2.75) is 20.5 Å². The zero-order valence-corrected chi connectivity index (χ0v) is 23.3. The maximum Gasteiger partial charge on any atom is 0.329 e. The highest BCUT2D eigenvalue weighted by molar-refractivity contribution is 6.16. The van der Waals surface area contributed by atoms with Gasteiger partial charge in [-0.1, -0.05) is 30.3 Å². The molecule has 10 heteroatoms. The summed E-state index contributed by atoms with van der Waals surface area (Å²) in [7, 11) is 1.48. The average molecular weight is 569 g/mol. The largest absolute Gasteiger partial charge is 0.495 e. The molecule has 3 aromatic carbocycles. The molecular formula is C32H29FN4O5. The van der Waals surface area contributed by atoms with Crippen molar-refractivity contribution in [2.24, 2.45) is 0 Å². The summed E-state index contributed by atoms with van der Waals surface area (Å²) < 4.78 is 26.9. The van der Waals surface area contributed by atoms with Gasteiger partial charge in [0, 0.05) is 22.6 Å². The molecule has 0 aliphatic carbocycles. The van der Waals surface area contributed by atoms with E-state index in [-0.39, 0.29) is 18.1 Å². The maximum absolute atomic E-state index is 13.9. The molecular weight excluding hydrogens is 539 g/mol. The Labute approximate surface area is 242 Å². The van der Waals surface area contributed by atoms with Crippen molar-refractivity contribution in [1.82, 2.24) is 14.8 Å². The summed E-state index contributed by atoms with van der Waals surface area (Å²) in [5.74, 6) is -0.393. The summed E-state index contributed by atoms with van der Waals surface area (Å²) in [5, 5.41) is 5.24. The van der Waals surface area contributed by atoms with Gasteiger partial charge in [-0.15, -0.1) is 0 Å². The van der Waals surface area contributed by atoms with E-state index in [1.165, 1.54) is 13.2 Å². The van der Waals surface area contributed by atoms with E-state index in [9.17, 15) is 18.8 Å². The van der Waals surface area contributed by atoms with Crippen LogP contribution < -0.4 is 20.1 Å². The number of carbonyl (C=O) groups is 3. The lowest BCUT2D eigenvalue weighted by Gasteiger charge is -2.13. The maximum atomic E-state index is 13.9. The molecule has 2 N–H and O–H groups in total. The molecule has 42 heavy (non-hydrogen) atoms. The van der Waals surface area contributed by atoms with Gasteiger partial charge in [-0.3, -0.25) is 9.59 Å². The van der Waals surface area contributed by atoms with Crippen LogP contribution in [0.3, 0.4) is 0 Å². The Morgan fingerprint density at radius 2 is 1.71 bits per heavy atom. The van der Waals surface area contributed by atoms with Crippen molar-refractivity contribution in [3.8, 4) is 17.2 Å². The summed E-state index contributed by atoms with van der Waals surface area (Å²) in [6.07, 6.45) is 1.60. The van der Waals surface area contributed by atoms with Gasteiger partial charge in [-0.05, 0) is 74.0 Å². The second-order valence-corrected chi connectivity index (χ2v) is 9.66. The molecule has 1 saturated heterocycles. The second-order valence-electron chi connectivity index (χ2n) is 9.66. The molecule has 0 saturated carbocycles. The molecule has 9 nitrogen and oxygen atoms in total. The van der Waals surface area contributed by atoms with Gasteiger partial charge in [0.05, 0.1) is 12.8 Å². The Balaban J connectivity index is 1.28. The van der Waals surface area contributed by atoms with Crippen LogP contribution in [0.25, 0.3) is 11.8 Å². The zero-order valence-electron chi connectivity index (χ0n) is 23.3. The fraction of sp³-hybridized carbons (Fsp3) is 0.156. The number of hydrogen-bond acceptors (Lipinski definition) is 5. The van der Waals surface area contributed by atoms with Crippen LogP contribution in [-0.2, 0) is 16.2 Å². The smallest absolute Gasteiger partial charge is 0.329 e. The van der Waals surface area contributed by atoms with Gasteiger partial charge in [-0.2, -0.15) is 0 Å². The molecule has 1 fully saturated rings. The van der Waals surface area contributed by atoms with Crippen molar-refractivity contribution in [1.29, 1.82) is 0 Å². The van der Waals surface area contributed by atoms with E-state index in [4.69, 9.17) is 9.47 Å². The summed E-state index contributed by atoms with van der Waals surface area (Å²) in [5.41, 5.74) is 4.33. The highest BCUT2D eigenvalue weighted by Crippen LogP contribution is 2.26. The Bertz CT molecular complexity index is 1690. The van der Waals surface area contributed by atoms with E-state index in [1.54, 1.807) is 48.5 Å². The van der Waals surface area contributed by atoms with Gasteiger partial charge in [-0.25, -0.2) is 14.1 Å². The topological polar surface area (TPSA) is 102 Å². The van der Waals surface area contributed by atoms with Crippen LogP contribution in [0.5, 0.6) is 11.5 Å². The van der Waals surface area contributed by atoms with E-state index < -0.39 is 24.4 Å². The molecule has 0 bridgehead atoms. The SMILES string of the molecule is COc1ccccc1NC(=O)CN1C(=O)N/C(=C/c2cc(C)n(-c3ccc(OCc4ccccc4F)cc3)c2C)C1=O. The van der Waals surface area contributed by atoms with Crippen LogP contribution in [0.4, 0.5) is 14.9 Å². The van der Waals surface area contributed by atoms with Crippen molar-refractivity contribution >= 4 is 29.6 Å². The second kappa shape index (κ2) is 12.0. The molecule has 1 aromatic heterocycles. The number of rotatable bonds is 9. The molecule has 1 aliphatic heterocycles. The van der Waals surface area contributed by atoms with E-state index in [1.807, 2.05) is 48.7 Å². The normalized spacial score (nSPS) is 13.8. The first-order valence-corrected chi connectivity index (χ1v) is 13.2. The first-order valence-electron chi connectivity index (χ1n) is 13.2. The fourth-order valence-electron chi connectivity index (χ4n) is 4.75. The molecule has 0 spiro atoms. The number of carbonyl (C=O) groups excluding carboxylic acids is 3. The van der Waals surface area contributed by atoms with Gasteiger partial charge >= 0.3 is 6.03 Å². The van der Waals surface area contributed by atoms with Gasteiger partial charge in [0.15, 0.2) is 0 Å². The lowest BCUT2D eigenvalue weighted by atomic mass is 10.2. The lowest BCUT2D eigenvalue weighted by molar-refractivity contribution is -0.127. The number of ether oxygens (including phenoxy) is 2. The van der Waals surface area contributed by atoms with Crippen molar-refractivity contribution < 1.29 is 28.2 Å². The minimum absolute atomic E-state index is 0.0715. The number of halogens is 1. The third kappa shape index (κ3) is 5.87. The summed E-state index contributed by atoms with van der Waals surface area (Å²) in [6, 6.07) is 21.9. The van der Waals surface area contributed by atoms with Crippen LogP contribution in [0.2, 0.25) is 0 Å². The molecule has 0 unspecified atom stereocenters. The standard InChI is InChI=1S/C32H29FN4O5/c1-20-16-23(21(2)37(20)24-12-14-25(15-13-24)42-19-22-8-4-5-9-26(22)33)17-28-31(39)36(32(40)35-28)18-30(38)34-27-10-6-7-11-29(27)41-3/h4-17H,18-19H2,1-3H3,(H,34,38)(H,35,40)/b28-17+. The predicted molar refractivity (Wildman–Crippen MR) is 156 cm³/mol. The van der Waals surface area contributed by atoms with Crippen LogP contribution in [-0.4, -0.2) is 41.0 Å². The molecule has 0 atom stereocenters. The van der Waals surface area contributed by atoms with E-state index in [0.29, 0.717) is 22.7 Å². The molecule has 0 radical (unpaired) electrons. The fourth-order valence-corrected chi connectivity index (χ4v) is 4.75. The quantitative estimate of drug-likeness (QED) is 0.209. The average Bonchev–Trinajstić information content (AvgIpc) is 3.41. The summed E-state index contributed by atoms with van der Waals surface area (Å²) in [6.45, 7) is 3.50. The molecule has 2 heterocycles. The van der Waals surface area contributed by atoms with E-state index in [2.05, 4.69) is 10.6 Å². The number of anilines is 1. The number of imide groups is 1. The minimum atomic E-state index is -0.679. The predicted octanol–water partition coefficient (Wildman–Crippen LogP) is 5.35. The summed E-state index contributed by atoms with van der Waals surface area (Å²) in [4.78, 5) is 39.1. The zero-order chi connectivity index (χ0) is 29.8. The lowest BCUT2D eigenvalue weighted by Crippen LogP contribution is -2.38. The monoisotopic (exact) mass is 568 g/mol. The number of benzene rings is 3. The number of nitrogens with one attached hydrogen (secondary N) is 2. The van der Waals surface area contributed by atoms with Gasteiger partial charge < -0.3 is 24.7 Å². The Morgan fingerprint density at radius 3 is 2.45 bits per heavy atom. The third-order valence-corrected chi connectivity index (χ3v) is 6.86. The van der Waals surface area contributed by atoms with Crippen LogP contribution in [0, 0.1) is 19.7 Å². The highest BCUT2D eigenvalue weighted by atomic mass is 19.1. The first-order chi connectivity index (χ1) is 20.2. The molecule has 4 aromatic rings. The van der Waals surface area contributed by atoms with Crippen molar-refractivity contribution in [3.05, 3.63) is 113 Å². The van der Waals surface area contributed by atoms with E-state index >= 15 is 0 Å². The number of methoxy groups -OCH3 is 1. The minimum Gasteiger partial charge on any atom is -0.495 e. The van der Waals surface area contributed by atoms with E-state index in [0.717, 1.165) is 27.5 Å². The Kier molecular flexibility index (Phi) is 8.05. The highest BCUT2D eigenvalue weighted by Gasteiger charge is 2.35. The number of nitrogens with zero attached hydrogens (tertiary/aromatic N) is 2. The number of aryl methyl sites for hydroxylation is 1. The number of urea groups is 1. The molecule has 214 valence electrons.